The Morgan fingerprint density at radius 3 is 2.38 bits per heavy atom. The molecule has 1 fully saturated rings. The van der Waals surface area contributed by atoms with Crippen molar-refractivity contribution in [2.45, 2.75) is 38.3 Å². The average Bonchev–Trinajstić information content (AvgIpc) is 3.03. The zero-order valence-corrected chi connectivity index (χ0v) is 14.2. The Bertz CT molecular complexity index is 627. The van der Waals surface area contributed by atoms with E-state index < -0.39 is 0 Å². The molecule has 3 nitrogen and oxygen atoms in total. The summed E-state index contributed by atoms with van der Waals surface area (Å²) in [6, 6.07) is 21.2. The molecule has 1 heterocycles. The predicted molar refractivity (Wildman–Crippen MR) is 97.6 cm³/mol. The summed E-state index contributed by atoms with van der Waals surface area (Å²) in [5.41, 5.74) is 2.65. The van der Waals surface area contributed by atoms with Gasteiger partial charge in [0.15, 0.2) is 0 Å². The van der Waals surface area contributed by atoms with Crippen molar-refractivity contribution in [1.29, 1.82) is 0 Å². The molecule has 0 spiro atoms. The van der Waals surface area contributed by atoms with Gasteiger partial charge in [-0.3, -0.25) is 9.69 Å². The molecular formula is C21H26N2O. The van der Waals surface area contributed by atoms with Crippen LogP contribution < -0.4 is 5.32 Å². The molecule has 2 aromatic rings. The van der Waals surface area contributed by atoms with Gasteiger partial charge in [0.05, 0.1) is 0 Å². The maximum absolute atomic E-state index is 12.1. The molecule has 1 atom stereocenters. The summed E-state index contributed by atoms with van der Waals surface area (Å²) >= 11 is 0. The van der Waals surface area contributed by atoms with E-state index in [-0.39, 0.29) is 5.91 Å². The van der Waals surface area contributed by atoms with E-state index in [1.165, 1.54) is 11.1 Å². The number of nitrogens with one attached hydrogen (secondary N) is 1. The fourth-order valence-corrected chi connectivity index (χ4v) is 3.33. The number of nitrogens with zero attached hydrogens (tertiary/aromatic N) is 1. The van der Waals surface area contributed by atoms with E-state index in [0.717, 1.165) is 38.9 Å². The van der Waals surface area contributed by atoms with Gasteiger partial charge in [-0.05, 0) is 30.4 Å². The molecule has 0 bridgehead atoms. The molecule has 1 saturated heterocycles. The van der Waals surface area contributed by atoms with Crippen LogP contribution in [0.4, 0.5) is 0 Å². The molecule has 3 heteroatoms. The largest absolute Gasteiger partial charge is 0.352 e. The lowest BCUT2D eigenvalue weighted by molar-refractivity contribution is -0.121. The second-order valence-corrected chi connectivity index (χ2v) is 6.61. The smallest absolute Gasteiger partial charge is 0.220 e. The molecule has 126 valence electrons. The zero-order chi connectivity index (χ0) is 16.6. The van der Waals surface area contributed by atoms with E-state index in [1.54, 1.807) is 0 Å². The molecule has 0 saturated carbocycles. The van der Waals surface area contributed by atoms with Gasteiger partial charge < -0.3 is 5.32 Å². The first-order valence-electron chi connectivity index (χ1n) is 8.89. The van der Waals surface area contributed by atoms with Crippen LogP contribution >= 0.6 is 0 Å². The Balaban J connectivity index is 1.35. The summed E-state index contributed by atoms with van der Waals surface area (Å²) in [4.78, 5) is 14.5. The van der Waals surface area contributed by atoms with Crippen molar-refractivity contribution < 1.29 is 4.79 Å². The molecular weight excluding hydrogens is 296 g/mol. The molecule has 3 rings (SSSR count). The highest BCUT2D eigenvalue weighted by molar-refractivity contribution is 5.76. The Kier molecular flexibility index (Phi) is 6.02. The maximum Gasteiger partial charge on any atom is 0.220 e. The van der Waals surface area contributed by atoms with Gasteiger partial charge in [0.2, 0.25) is 5.91 Å². The third kappa shape index (κ3) is 5.20. The number of amides is 1. The molecule has 2 aromatic carbocycles. The van der Waals surface area contributed by atoms with E-state index >= 15 is 0 Å². The quantitative estimate of drug-likeness (QED) is 0.847. The van der Waals surface area contributed by atoms with Crippen LogP contribution in [-0.2, 0) is 17.8 Å². The Morgan fingerprint density at radius 2 is 1.67 bits per heavy atom. The van der Waals surface area contributed by atoms with Crippen LogP contribution in [0, 0.1) is 0 Å². The number of carbonyl (C=O) groups is 1. The second kappa shape index (κ2) is 8.65. The molecule has 0 radical (unpaired) electrons. The number of aryl methyl sites for hydroxylation is 1. The number of rotatable bonds is 7. The Morgan fingerprint density at radius 1 is 1.00 bits per heavy atom. The van der Waals surface area contributed by atoms with Crippen molar-refractivity contribution in [1.82, 2.24) is 10.2 Å². The summed E-state index contributed by atoms with van der Waals surface area (Å²) in [5, 5.41) is 3.20. The highest BCUT2D eigenvalue weighted by atomic mass is 16.1. The number of likely N-dealkylation sites (tertiary alicyclic amines) is 1. The van der Waals surface area contributed by atoms with Crippen LogP contribution in [0.15, 0.2) is 60.7 Å². The Hall–Kier alpha value is -2.13. The number of hydrogen-bond acceptors (Lipinski definition) is 2. The molecule has 1 amide bonds. The first-order valence-corrected chi connectivity index (χ1v) is 8.89. The minimum atomic E-state index is 0.192. The lowest BCUT2D eigenvalue weighted by Gasteiger charge is -2.16. The number of hydrogen-bond donors (Lipinski definition) is 1. The van der Waals surface area contributed by atoms with Gasteiger partial charge in [-0.2, -0.15) is 0 Å². The summed E-state index contributed by atoms with van der Waals surface area (Å²) in [5.74, 6) is 0.192. The van der Waals surface area contributed by atoms with Crippen molar-refractivity contribution in [2.24, 2.45) is 0 Å². The molecule has 0 unspecified atom stereocenters. The summed E-state index contributed by atoms with van der Waals surface area (Å²) < 4.78 is 0. The van der Waals surface area contributed by atoms with Crippen molar-refractivity contribution in [3.8, 4) is 0 Å². The molecule has 0 aliphatic carbocycles. The maximum atomic E-state index is 12.1. The van der Waals surface area contributed by atoms with Crippen molar-refractivity contribution in [2.75, 3.05) is 13.1 Å². The Labute approximate surface area is 144 Å². The number of benzene rings is 2. The minimum absolute atomic E-state index is 0.192. The monoisotopic (exact) mass is 322 g/mol. The highest BCUT2D eigenvalue weighted by Gasteiger charge is 2.23. The van der Waals surface area contributed by atoms with Crippen LogP contribution in [0.5, 0.6) is 0 Å². The molecule has 1 aliphatic rings. The second-order valence-electron chi connectivity index (χ2n) is 6.61. The van der Waals surface area contributed by atoms with Gasteiger partial charge in [-0.15, -0.1) is 0 Å². The van der Waals surface area contributed by atoms with Crippen LogP contribution in [0.25, 0.3) is 0 Å². The van der Waals surface area contributed by atoms with Crippen LogP contribution in [0.3, 0.4) is 0 Å². The third-order valence-corrected chi connectivity index (χ3v) is 4.60. The fourth-order valence-electron chi connectivity index (χ4n) is 3.33. The van der Waals surface area contributed by atoms with E-state index in [1.807, 2.05) is 12.1 Å². The van der Waals surface area contributed by atoms with E-state index in [4.69, 9.17) is 0 Å². The lowest BCUT2D eigenvalue weighted by Crippen LogP contribution is -2.36. The summed E-state index contributed by atoms with van der Waals surface area (Å²) in [6.45, 7) is 2.99. The molecule has 1 N–H and O–H groups in total. The van der Waals surface area contributed by atoms with Gasteiger partial charge in [0.1, 0.15) is 0 Å². The molecule has 1 aliphatic heterocycles. The SMILES string of the molecule is O=C(CCCc1ccccc1)N[C@H]1CCN(Cc2ccccc2)C1. The van der Waals surface area contributed by atoms with E-state index in [2.05, 4.69) is 58.7 Å². The van der Waals surface area contributed by atoms with Crippen LogP contribution in [0.2, 0.25) is 0 Å². The topological polar surface area (TPSA) is 32.3 Å². The minimum Gasteiger partial charge on any atom is -0.352 e. The molecule has 24 heavy (non-hydrogen) atoms. The van der Waals surface area contributed by atoms with Crippen LogP contribution in [-0.4, -0.2) is 29.9 Å². The number of carbonyl (C=O) groups excluding carboxylic acids is 1. The van der Waals surface area contributed by atoms with Gasteiger partial charge in [0.25, 0.3) is 0 Å². The summed E-state index contributed by atoms with van der Waals surface area (Å²) in [7, 11) is 0. The lowest BCUT2D eigenvalue weighted by atomic mass is 10.1. The van der Waals surface area contributed by atoms with Gasteiger partial charge in [-0.25, -0.2) is 0 Å². The van der Waals surface area contributed by atoms with Gasteiger partial charge in [0, 0.05) is 32.1 Å². The first-order chi connectivity index (χ1) is 11.8. The van der Waals surface area contributed by atoms with Crippen molar-refractivity contribution >= 4 is 5.91 Å². The predicted octanol–water partition coefficient (Wildman–Crippen LogP) is 3.40. The van der Waals surface area contributed by atoms with Crippen LogP contribution in [0.1, 0.15) is 30.4 Å². The van der Waals surface area contributed by atoms with Crippen molar-refractivity contribution in [3.63, 3.8) is 0 Å². The van der Waals surface area contributed by atoms with Gasteiger partial charge in [-0.1, -0.05) is 60.7 Å². The normalized spacial score (nSPS) is 17.8. The average molecular weight is 322 g/mol. The van der Waals surface area contributed by atoms with Gasteiger partial charge >= 0.3 is 0 Å². The fraction of sp³-hybridized carbons (Fsp3) is 0.381. The summed E-state index contributed by atoms with van der Waals surface area (Å²) in [6.07, 6.45) is 3.55. The zero-order valence-electron chi connectivity index (χ0n) is 14.2. The van der Waals surface area contributed by atoms with E-state index in [9.17, 15) is 4.79 Å². The highest BCUT2D eigenvalue weighted by Crippen LogP contribution is 2.14. The molecule has 0 aromatic heterocycles. The standard InChI is InChI=1S/C21H26N2O/c24-21(13-7-12-18-8-3-1-4-9-18)22-20-14-15-23(17-20)16-19-10-5-2-6-11-19/h1-6,8-11,20H,7,12-17H2,(H,22,24)/t20-/m0/s1. The first kappa shape index (κ1) is 16.7. The third-order valence-electron chi connectivity index (χ3n) is 4.60. The van der Waals surface area contributed by atoms with Crippen molar-refractivity contribution in [3.05, 3.63) is 71.8 Å². The van der Waals surface area contributed by atoms with E-state index in [0.29, 0.717) is 12.5 Å².